The predicted molar refractivity (Wildman–Crippen MR) is 124 cm³/mol. The van der Waals surface area contributed by atoms with Gasteiger partial charge in [0.05, 0.1) is 23.3 Å². The topological polar surface area (TPSA) is 65.0 Å². The van der Waals surface area contributed by atoms with Gasteiger partial charge < -0.3 is 19.3 Å². The number of carboxylic acids is 1. The number of hydrogen-bond donors (Lipinski definition) is 1. The first-order chi connectivity index (χ1) is 14.8. The van der Waals surface area contributed by atoms with Gasteiger partial charge in [-0.05, 0) is 66.9 Å². The van der Waals surface area contributed by atoms with Gasteiger partial charge in [-0.1, -0.05) is 36.4 Å². The number of carboxylic acid groups (broad SMARTS) is 1. The summed E-state index contributed by atoms with van der Waals surface area (Å²) in [6.45, 7) is 10.5. The molecule has 2 aromatic carbocycles. The lowest BCUT2D eigenvalue weighted by molar-refractivity contribution is -0.139. The van der Waals surface area contributed by atoms with E-state index in [9.17, 15) is 4.79 Å². The fraction of sp³-hybridized carbons (Fsp3) is 0.400. The number of para-hydroxylation sites is 1. The quantitative estimate of drug-likeness (QED) is 0.452. The number of halogens is 1. The molecule has 166 valence electrons. The van der Waals surface area contributed by atoms with E-state index >= 15 is 0 Å². The van der Waals surface area contributed by atoms with Crippen molar-refractivity contribution < 1.29 is 24.1 Å². The van der Waals surface area contributed by atoms with Crippen LogP contribution in [0.5, 0.6) is 11.5 Å². The van der Waals surface area contributed by atoms with Crippen LogP contribution in [0.15, 0.2) is 59.1 Å². The van der Waals surface area contributed by atoms with Crippen LogP contribution in [0.1, 0.15) is 50.3 Å². The second kappa shape index (κ2) is 10.3. The smallest absolute Gasteiger partial charge is 0.341 e. The lowest BCUT2D eigenvalue weighted by atomic mass is 9.76. The van der Waals surface area contributed by atoms with Gasteiger partial charge in [-0.15, -0.1) is 0 Å². The molecule has 0 aliphatic carbocycles. The summed E-state index contributed by atoms with van der Waals surface area (Å²) in [5.74, 6) is 0.622. The van der Waals surface area contributed by atoms with Gasteiger partial charge >= 0.3 is 5.97 Å². The molecule has 4 atom stereocenters. The number of aliphatic carboxylic acids is 1. The Labute approximate surface area is 192 Å². The Bertz CT molecular complexity index is 924. The SMILES string of the molecule is C=C(C)[C@H]1C[C@H](c2ccc(OCC)cc2)[C@H](C)O[C@@H]1c1cccc(Br)c1OCC(=O)O. The number of rotatable bonds is 8. The predicted octanol–water partition coefficient (Wildman–Crippen LogP) is 6.14. The van der Waals surface area contributed by atoms with Crippen molar-refractivity contribution in [3.8, 4) is 11.5 Å². The molecule has 31 heavy (non-hydrogen) atoms. The Morgan fingerprint density at radius 3 is 2.55 bits per heavy atom. The zero-order valence-corrected chi connectivity index (χ0v) is 19.7. The van der Waals surface area contributed by atoms with Crippen LogP contribution in [0.3, 0.4) is 0 Å². The Kier molecular flexibility index (Phi) is 7.79. The largest absolute Gasteiger partial charge is 0.494 e. The number of carbonyl (C=O) groups is 1. The summed E-state index contributed by atoms with van der Waals surface area (Å²) >= 11 is 3.50. The first-order valence-electron chi connectivity index (χ1n) is 10.5. The number of ether oxygens (including phenoxy) is 3. The molecule has 0 spiro atoms. The third-order valence-electron chi connectivity index (χ3n) is 5.70. The van der Waals surface area contributed by atoms with Gasteiger partial charge in [0.1, 0.15) is 11.5 Å². The van der Waals surface area contributed by atoms with Gasteiger partial charge in [0, 0.05) is 17.4 Å². The highest BCUT2D eigenvalue weighted by Crippen LogP contribution is 2.49. The average Bonchev–Trinajstić information content (AvgIpc) is 2.73. The van der Waals surface area contributed by atoms with Crippen LogP contribution < -0.4 is 9.47 Å². The second-order valence-electron chi connectivity index (χ2n) is 7.90. The zero-order valence-electron chi connectivity index (χ0n) is 18.1. The minimum absolute atomic E-state index is 0.0372. The molecule has 2 aromatic rings. The normalized spacial score (nSPS) is 23.2. The van der Waals surface area contributed by atoms with E-state index in [1.165, 1.54) is 5.56 Å². The molecule has 6 heteroatoms. The first kappa shape index (κ1) is 23.4. The minimum atomic E-state index is -1.02. The van der Waals surface area contributed by atoms with Crippen LogP contribution in [0.4, 0.5) is 0 Å². The summed E-state index contributed by atoms with van der Waals surface area (Å²) in [4.78, 5) is 11.1. The van der Waals surface area contributed by atoms with Gasteiger partial charge in [0.25, 0.3) is 0 Å². The molecular weight excluding hydrogens is 460 g/mol. The molecule has 0 aromatic heterocycles. The van der Waals surface area contributed by atoms with Crippen LogP contribution in [-0.4, -0.2) is 30.4 Å². The van der Waals surface area contributed by atoms with Crippen molar-refractivity contribution >= 4 is 21.9 Å². The monoisotopic (exact) mass is 488 g/mol. The molecule has 0 amide bonds. The highest BCUT2D eigenvalue weighted by molar-refractivity contribution is 9.10. The van der Waals surface area contributed by atoms with E-state index < -0.39 is 12.6 Å². The van der Waals surface area contributed by atoms with E-state index in [2.05, 4.69) is 41.6 Å². The summed E-state index contributed by atoms with van der Waals surface area (Å²) in [5, 5.41) is 9.07. The van der Waals surface area contributed by atoms with E-state index in [0.717, 1.165) is 23.3 Å². The van der Waals surface area contributed by atoms with E-state index in [4.69, 9.17) is 19.3 Å². The van der Waals surface area contributed by atoms with Crippen molar-refractivity contribution in [3.05, 3.63) is 70.2 Å². The maximum Gasteiger partial charge on any atom is 0.341 e. The van der Waals surface area contributed by atoms with Crippen LogP contribution in [0.25, 0.3) is 0 Å². The summed E-state index contributed by atoms with van der Waals surface area (Å²) in [7, 11) is 0. The summed E-state index contributed by atoms with van der Waals surface area (Å²) < 4.78 is 18.4. The molecule has 1 saturated heterocycles. The Morgan fingerprint density at radius 2 is 1.94 bits per heavy atom. The lowest BCUT2D eigenvalue weighted by Gasteiger charge is -2.42. The third kappa shape index (κ3) is 5.49. The van der Waals surface area contributed by atoms with Crippen molar-refractivity contribution in [2.75, 3.05) is 13.2 Å². The highest BCUT2D eigenvalue weighted by atomic mass is 79.9. The van der Waals surface area contributed by atoms with Crippen LogP contribution in [-0.2, 0) is 9.53 Å². The maximum atomic E-state index is 11.1. The molecule has 0 bridgehead atoms. The fourth-order valence-electron chi connectivity index (χ4n) is 4.18. The average molecular weight is 489 g/mol. The molecule has 3 rings (SSSR count). The zero-order chi connectivity index (χ0) is 22.5. The van der Waals surface area contributed by atoms with Gasteiger partial charge in [-0.3, -0.25) is 0 Å². The Hall–Kier alpha value is -2.31. The first-order valence-corrected chi connectivity index (χ1v) is 11.3. The number of hydrogen-bond acceptors (Lipinski definition) is 4. The van der Waals surface area contributed by atoms with Gasteiger partial charge in [0.2, 0.25) is 0 Å². The van der Waals surface area contributed by atoms with Crippen molar-refractivity contribution in [2.45, 2.75) is 45.3 Å². The third-order valence-corrected chi connectivity index (χ3v) is 6.32. The molecule has 0 saturated carbocycles. The highest BCUT2D eigenvalue weighted by Gasteiger charge is 2.39. The van der Waals surface area contributed by atoms with Crippen LogP contribution >= 0.6 is 15.9 Å². The van der Waals surface area contributed by atoms with Crippen molar-refractivity contribution in [1.82, 2.24) is 0 Å². The van der Waals surface area contributed by atoms with Gasteiger partial charge in [0.15, 0.2) is 6.61 Å². The summed E-state index contributed by atoms with van der Waals surface area (Å²) in [6, 6.07) is 13.9. The van der Waals surface area contributed by atoms with Gasteiger partial charge in [-0.25, -0.2) is 4.79 Å². The standard InChI is InChI=1S/C25H29BrO5/c1-5-29-18-11-9-17(10-12-18)21-13-20(15(2)3)24(31-16(21)4)19-7-6-8-22(26)25(19)30-14-23(27)28/h6-12,16,20-21,24H,2,5,13-14H2,1,3-4H3,(H,27,28)/t16-,20+,21-,24+/m0/s1. The van der Waals surface area contributed by atoms with Crippen molar-refractivity contribution in [3.63, 3.8) is 0 Å². The van der Waals surface area contributed by atoms with E-state index in [1.807, 2.05) is 44.2 Å². The van der Waals surface area contributed by atoms with Crippen LogP contribution in [0.2, 0.25) is 0 Å². The lowest BCUT2D eigenvalue weighted by Crippen LogP contribution is -2.34. The molecular formula is C25H29BrO5. The summed E-state index contributed by atoms with van der Waals surface area (Å²) in [5.41, 5.74) is 3.06. The molecule has 5 nitrogen and oxygen atoms in total. The molecule has 0 radical (unpaired) electrons. The maximum absolute atomic E-state index is 11.1. The van der Waals surface area contributed by atoms with Crippen LogP contribution in [0, 0.1) is 5.92 Å². The van der Waals surface area contributed by atoms with Crippen molar-refractivity contribution in [1.29, 1.82) is 0 Å². The fourth-order valence-corrected chi connectivity index (χ4v) is 4.68. The minimum Gasteiger partial charge on any atom is -0.494 e. The van der Waals surface area contributed by atoms with E-state index in [0.29, 0.717) is 16.8 Å². The van der Waals surface area contributed by atoms with E-state index in [1.54, 1.807) is 0 Å². The Morgan fingerprint density at radius 1 is 1.23 bits per heavy atom. The van der Waals surface area contributed by atoms with Gasteiger partial charge in [-0.2, -0.15) is 0 Å². The molecule has 1 aliphatic heterocycles. The molecule has 1 N–H and O–H groups in total. The molecule has 1 fully saturated rings. The summed E-state index contributed by atoms with van der Waals surface area (Å²) in [6.07, 6.45) is 0.567. The second-order valence-corrected chi connectivity index (χ2v) is 8.75. The van der Waals surface area contributed by atoms with Crippen molar-refractivity contribution in [2.24, 2.45) is 5.92 Å². The van der Waals surface area contributed by atoms with E-state index in [-0.39, 0.29) is 24.0 Å². The number of benzene rings is 2. The molecule has 0 unspecified atom stereocenters. The Balaban J connectivity index is 1.90. The molecule has 1 aliphatic rings. The molecule has 1 heterocycles.